The Hall–Kier alpha value is -3.40. The van der Waals surface area contributed by atoms with Gasteiger partial charge < -0.3 is 28.8 Å². The van der Waals surface area contributed by atoms with Crippen LogP contribution in [0, 0.1) is 0 Å². The average Bonchev–Trinajstić information content (AvgIpc) is 3.31. The zero-order valence-electron chi connectivity index (χ0n) is 24.2. The molecule has 0 bridgehead atoms. The number of hydrogen-bond acceptors (Lipinski definition) is 8. The predicted molar refractivity (Wildman–Crippen MR) is 157 cm³/mol. The smallest absolute Gasteiger partial charge is 0.338 e. The van der Waals surface area contributed by atoms with Crippen LogP contribution in [0.5, 0.6) is 5.75 Å². The molecule has 3 heterocycles. The summed E-state index contributed by atoms with van der Waals surface area (Å²) in [7, 11) is 0. The van der Waals surface area contributed by atoms with Gasteiger partial charge in [0.05, 0.1) is 32.0 Å². The molecule has 5 rings (SSSR count). The first-order valence-corrected chi connectivity index (χ1v) is 14.8. The lowest BCUT2D eigenvalue weighted by molar-refractivity contribution is -0.146. The van der Waals surface area contributed by atoms with Crippen molar-refractivity contribution in [3.05, 3.63) is 64.8 Å². The number of rotatable bonds is 12. The Labute approximate surface area is 241 Å². The van der Waals surface area contributed by atoms with Gasteiger partial charge in [0, 0.05) is 61.3 Å². The van der Waals surface area contributed by atoms with Gasteiger partial charge in [-0.15, -0.1) is 0 Å². The zero-order chi connectivity index (χ0) is 28.6. The summed E-state index contributed by atoms with van der Waals surface area (Å²) in [5.41, 5.74) is 4.72. The maximum absolute atomic E-state index is 13.0. The maximum atomic E-state index is 13.0. The summed E-state index contributed by atoms with van der Waals surface area (Å²) < 4.78 is 24.7. The van der Waals surface area contributed by atoms with Crippen LogP contribution < -0.4 is 10.1 Å². The fourth-order valence-corrected chi connectivity index (χ4v) is 5.58. The fourth-order valence-electron chi connectivity index (χ4n) is 5.58. The topological polar surface area (TPSA) is 91.3 Å². The van der Waals surface area contributed by atoms with Crippen molar-refractivity contribution in [1.29, 1.82) is 0 Å². The van der Waals surface area contributed by atoms with E-state index in [0.717, 1.165) is 85.6 Å². The summed E-state index contributed by atoms with van der Waals surface area (Å²) in [6.45, 7) is 10.8. The van der Waals surface area contributed by atoms with E-state index in [0.29, 0.717) is 38.5 Å². The molecule has 1 atom stereocenters. The van der Waals surface area contributed by atoms with E-state index in [-0.39, 0.29) is 11.9 Å². The molecule has 1 fully saturated rings. The molecule has 2 aromatic carbocycles. The normalized spacial score (nSPS) is 17.3. The molecule has 0 aliphatic carbocycles. The van der Waals surface area contributed by atoms with Gasteiger partial charge in [0.1, 0.15) is 18.4 Å². The molecule has 1 N–H and O–H groups in total. The first-order valence-electron chi connectivity index (χ1n) is 14.8. The molecule has 2 aliphatic rings. The summed E-state index contributed by atoms with van der Waals surface area (Å²) in [6, 6.07) is 13.2. The van der Waals surface area contributed by atoms with Crippen LogP contribution in [0.15, 0.2) is 42.5 Å². The van der Waals surface area contributed by atoms with E-state index < -0.39 is 6.04 Å². The highest BCUT2D eigenvalue weighted by atomic mass is 16.5. The maximum Gasteiger partial charge on any atom is 0.338 e. The first-order chi connectivity index (χ1) is 20.1. The molecule has 1 saturated heterocycles. The molecule has 9 nitrogen and oxygen atoms in total. The Morgan fingerprint density at radius 3 is 2.59 bits per heavy atom. The van der Waals surface area contributed by atoms with Gasteiger partial charge in [0.15, 0.2) is 0 Å². The van der Waals surface area contributed by atoms with E-state index in [1.807, 2.05) is 37.3 Å². The number of aromatic nitrogens is 1. The molecule has 41 heavy (non-hydrogen) atoms. The molecular formula is C32H41N3O6. The summed E-state index contributed by atoms with van der Waals surface area (Å²) >= 11 is 0. The number of morpholine rings is 1. The van der Waals surface area contributed by atoms with Crippen LogP contribution in [0.3, 0.4) is 0 Å². The fraction of sp³-hybridized carbons (Fsp3) is 0.500. The highest BCUT2D eigenvalue weighted by Crippen LogP contribution is 2.37. The molecule has 0 radical (unpaired) electrons. The summed E-state index contributed by atoms with van der Waals surface area (Å²) in [6.07, 6.45) is 2.63. The lowest BCUT2D eigenvalue weighted by Gasteiger charge is -2.26. The van der Waals surface area contributed by atoms with Gasteiger partial charge in [-0.3, -0.25) is 4.90 Å². The first kappa shape index (κ1) is 29.1. The third-order valence-electron chi connectivity index (χ3n) is 7.75. The minimum absolute atomic E-state index is 0.267. The van der Waals surface area contributed by atoms with E-state index in [1.54, 1.807) is 0 Å². The second-order valence-corrected chi connectivity index (χ2v) is 10.5. The molecule has 0 spiro atoms. The van der Waals surface area contributed by atoms with Crippen molar-refractivity contribution < 1.29 is 28.5 Å². The number of esters is 2. The second-order valence-electron chi connectivity index (χ2n) is 10.5. The Morgan fingerprint density at radius 1 is 1.02 bits per heavy atom. The third kappa shape index (κ3) is 6.92. The van der Waals surface area contributed by atoms with E-state index in [4.69, 9.17) is 18.9 Å². The van der Waals surface area contributed by atoms with Gasteiger partial charge in [-0.2, -0.15) is 0 Å². The average molecular weight is 564 g/mol. The monoisotopic (exact) mass is 563 g/mol. The van der Waals surface area contributed by atoms with Crippen LogP contribution in [0.2, 0.25) is 0 Å². The van der Waals surface area contributed by atoms with Gasteiger partial charge in [-0.1, -0.05) is 25.5 Å². The minimum atomic E-state index is -0.536. The molecule has 220 valence electrons. The number of carbonyl (C=O) groups is 2. The molecule has 3 aromatic rings. The number of fused-ring (bicyclic) bond motifs is 3. The SMILES string of the molecule is CCCCOC(=O)c1ccc(Cn2c3c(c4cc(OCCN5CCOCC5)ccc42)C(C(=O)OCC)NCC3)cc1. The molecule has 0 amide bonds. The van der Waals surface area contributed by atoms with Crippen molar-refractivity contribution in [2.45, 2.75) is 45.7 Å². The number of nitrogens with one attached hydrogen (secondary N) is 1. The summed E-state index contributed by atoms with van der Waals surface area (Å²) in [5.74, 6) is 0.222. The van der Waals surface area contributed by atoms with Crippen LogP contribution in [0.1, 0.15) is 59.9 Å². The molecule has 0 saturated carbocycles. The van der Waals surface area contributed by atoms with Crippen molar-refractivity contribution in [2.24, 2.45) is 0 Å². The number of ether oxygens (including phenoxy) is 4. The van der Waals surface area contributed by atoms with Crippen LogP contribution in [0.4, 0.5) is 0 Å². The summed E-state index contributed by atoms with van der Waals surface area (Å²) in [5, 5.41) is 4.37. The van der Waals surface area contributed by atoms with Crippen molar-refractivity contribution >= 4 is 22.8 Å². The Bertz CT molecular complexity index is 1330. The van der Waals surface area contributed by atoms with Crippen molar-refractivity contribution in [3.63, 3.8) is 0 Å². The molecule has 1 unspecified atom stereocenters. The summed E-state index contributed by atoms with van der Waals surface area (Å²) in [4.78, 5) is 27.7. The second kappa shape index (κ2) is 14.0. The minimum Gasteiger partial charge on any atom is -0.492 e. The van der Waals surface area contributed by atoms with Crippen LogP contribution in [0.25, 0.3) is 10.9 Å². The highest BCUT2D eigenvalue weighted by molar-refractivity contribution is 5.93. The van der Waals surface area contributed by atoms with Crippen LogP contribution in [-0.4, -0.2) is 80.6 Å². The van der Waals surface area contributed by atoms with Gasteiger partial charge in [0.2, 0.25) is 0 Å². The van der Waals surface area contributed by atoms with Crippen molar-refractivity contribution in [1.82, 2.24) is 14.8 Å². The molecular weight excluding hydrogens is 522 g/mol. The van der Waals surface area contributed by atoms with E-state index in [9.17, 15) is 9.59 Å². The quantitative estimate of drug-likeness (QED) is 0.260. The van der Waals surface area contributed by atoms with Gasteiger partial charge in [0.25, 0.3) is 0 Å². The Morgan fingerprint density at radius 2 is 1.83 bits per heavy atom. The van der Waals surface area contributed by atoms with Crippen LogP contribution >= 0.6 is 0 Å². The molecule has 9 heteroatoms. The Balaban J connectivity index is 1.41. The zero-order valence-corrected chi connectivity index (χ0v) is 24.2. The van der Waals surface area contributed by atoms with Gasteiger partial charge in [-0.25, -0.2) is 9.59 Å². The number of unbranched alkanes of at least 4 members (excludes halogenated alkanes) is 1. The largest absolute Gasteiger partial charge is 0.492 e. The van der Waals surface area contributed by atoms with Crippen molar-refractivity contribution in [3.8, 4) is 5.75 Å². The van der Waals surface area contributed by atoms with E-state index in [1.165, 1.54) is 0 Å². The molecule has 1 aromatic heterocycles. The lowest BCUT2D eigenvalue weighted by atomic mass is 9.97. The standard InChI is InChI=1S/C32H41N3O6/c1-3-5-17-41-31(36)24-8-6-23(7-9-24)22-35-27-11-10-25(40-20-16-34-14-18-38-19-15-34)21-26(27)29-28(35)12-13-33-30(29)32(37)39-4-2/h6-11,21,30,33H,3-5,12-20,22H2,1-2H3. The number of carbonyl (C=O) groups excluding carboxylic acids is 2. The van der Waals surface area contributed by atoms with E-state index >= 15 is 0 Å². The number of nitrogens with zero attached hydrogens (tertiary/aromatic N) is 2. The lowest BCUT2D eigenvalue weighted by Crippen LogP contribution is -2.38. The number of benzene rings is 2. The predicted octanol–water partition coefficient (Wildman–Crippen LogP) is 4.11. The number of hydrogen-bond donors (Lipinski definition) is 1. The van der Waals surface area contributed by atoms with Gasteiger partial charge >= 0.3 is 11.9 Å². The molecule has 2 aliphatic heterocycles. The van der Waals surface area contributed by atoms with Gasteiger partial charge in [-0.05, 0) is 49.2 Å². The third-order valence-corrected chi connectivity index (χ3v) is 7.75. The van der Waals surface area contributed by atoms with Crippen molar-refractivity contribution in [2.75, 3.05) is 59.2 Å². The highest BCUT2D eigenvalue weighted by Gasteiger charge is 2.33. The Kier molecular flexibility index (Phi) is 9.92. The van der Waals surface area contributed by atoms with E-state index in [2.05, 4.69) is 33.8 Å². The van der Waals surface area contributed by atoms with Crippen LogP contribution in [-0.2, 0) is 32.0 Å².